The topological polar surface area (TPSA) is 32.3 Å². The van der Waals surface area contributed by atoms with Crippen molar-refractivity contribution in [3.05, 3.63) is 29.3 Å². The van der Waals surface area contributed by atoms with Gasteiger partial charge in [0.1, 0.15) is 0 Å². The number of benzene rings is 1. The lowest BCUT2D eigenvalue weighted by Gasteiger charge is -2.17. The van der Waals surface area contributed by atoms with Gasteiger partial charge in [-0.25, -0.2) is 0 Å². The third kappa shape index (κ3) is 5.74. The molecule has 0 unspecified atom stereocenters. The average molecular weight is 276 g/mol. The number of para-hydroxylation sites is 1. The highest BCUT2D eigenvalue weighted by atomic mass is 16.2. The second-order valence-electron chi connectivity index (χ2n) is 5.61. The second kappa shape index (κ2) is 8.75. The molecule has 0 aliphatic carbocycles. The molecule has 1 rings (SSSR count). The fourth-order valence-electron chi connectivity index (χ4n) is 2.32. The van der Waals surface area contributed by atoms with Crippen LogP contribution in [0, 0.1) is 13.8 Å². The molecule has 0 aliphatic rings. The van der Waals surface area contributed by atoms with Crippen LogP contribution >= 0.6 is 0 Å². The molecular formula is C17H28N2O. The number of nitrogens with one attached hydrogen (secondary N) is 1. The van der Waals surface area contributed by atoms with Crippen LogP contribution < -0.4 is 5.32 Å². The highest BCUT2D eigenvalue weighted by Crippen LogP contribution is 2.19. The zero-order valence-electron chi connectivity index (χ0n) is 13.3. The molecule has 1 amide bonds. The van der Waals surface area contributed by atoms with Gasteiger partial charge in [0.15, 0.2) is 0 Å². The first kappa shape index (κ1) is 16.7. The molecule has 0 atom stereocenters. The van der Waals surface area contributed by atoms with Crippen molar-refractivity contribution in [3.63, 3.8) is 0 Å². The number of amides is 1. The summed E-state index contributed by atoms with van der Waals surface area (Å²) in [6.45, 7) is 7.70. The lowest BCUT2D eigenvalue weighted by atomic mass is 10.1. The Morgan fingerprint density at radius 3 is 2.40 bits per heavy atom. The second-order valence-corrected chi connectivity index (χ2v) is 5.61. The smallest absolute Gasteiger partial charge is 0.238 e. The average Bonchev–Trinajstić information content (AvgIpc) is 2.39. The van der Waals surface area contributed by atoms with E-state index in [2.05, 4.69) is 17.1 Å². The van der Waals surface area contributed by atoms with Gasteiger partial charge in [0, 0.05) is 5.69 Å². The van der Waals surface area contributed by atoms with Crippen LogP contribution in [-0.2, 0) is 4.79 Å². The number of rotatable bonds is 8. The molecule has 112 valence electrons. The molecule has 0 bridgehead atoms. The lowest BCUT2D eigenvalue weighted by molar-refractivity contribution is -0.117. The molecule has 0 fully saturated rings. The first-order valence-electron chi connectivity index (χ1n) is 7.59. The molecule has 1 aromatic carbocycles. The first-order chi connectivity index (χ1) is 9.54. The fourth-order valence-corrected chi connectivity index (χ4v) is 2.32. The summed E-state index contributed by atoms with van der Waals surface area (Å²) >= 11 is 0. The van der Waals surface area contributed by atoms with Crippen molar-refractivity contribution in [3.8, 4) is 0 Å². The number of carbonyl (C=O) groups excluding carboxylic acids is 1. The fraction of sp³-hybridized carbons (Fsp3) is 0.588. The highest BCUT2D eigenvalue weighted by Gasteiger charge is 2.09. The zero-order chi connectivity index (χ0) is 15.0. The Labute approximate surface area is 123 Å². The minimum atomic E-state index is 0.0698. The summed E-state index contributed by atoms with van der Waals surface area (Å²) in [6.07, 6.45) is 4.94. The Hall–Kier alpha value is -1.35. The maximum Gasteiger partial charge on any atom is 0.238 e. The molecule has 0 aromatic heterocycles. The third-order valence-electron chi connectivity index (χ3n) is 3.55. The predicted octanol–water partition coefficient (Wildman–Crippen LogP) is 3.75. The van der Waals surface area contributed by atoms with Crippen LogP contribution in [0.25, 0.3) is 0 Å². The molecule has 0 radical (unpaired) electrons. The van der Waals surface area contributed by atoms with Crippen LogP contribution in [-0.4, -0.2) is 30.9 Å². The number of hydrogen-bond donors (Lipinski definition) is 1. The maximum absolute atomic E-state index is 12.1. The van der Waals surface area contributed by atoms with E-state index >= 15 is 0 Å². The van der Waals surface area contributed by atoms with Crippen LogP contribution in [0.1, 0.15) is 43.7 Å². The normalized spacial score (nSPS) is 10.8. The SMILES string of the molecule is CCCCCCN(C)CC(=O)Nc1c(C)cccc1C. The Bertz CT molecular complexity index is 409. The van der Waals surface area contributed by atoms with Crippen LogP contribution in [0.3, 0.4) is 0 Å². The van der Waals surface area contributed by atoms with Crippen molar-refractivity contribution in [1.82, 2.24) is 4.90 Å². The van der Waals surface area contributed by atoms with Crippen LogP contribution in [0.2, 0.25) is 0 Å². The number of nitrogens with zero attached hydrogens (tertiary/aromatic N) is 1. The van der Waals surface area contributed by atoms with Gasteiger partial charge in [0.05, 0.1) is 6.54 Å². The predicted molar refractivity (Wildman–Crippen MR) is 86.2 cm³/mol. The number of hydrogen-bond acceptors (Lipinski definition) is 2. The molecule has 3 nitrogen and oxygen atoms in total. The van der Waals surface area contributed by atoms with E-state index in [-0.39, 0.29) is 5.91 Å². The minimum absolute atomic E-state index is 0.0698. The van der Waals surface area contributed by atoms with E-state index in [9.17, 15) is 4.79 Å². The van der Waals surface area contributed by atoms with Crippen molar-refractivity contribution in [2.75, 3.05) is 25.5 Å². The molecular weight excluding hydrogens is 248 g/mol. The zero-order valence-corrected chi connectivity index (χ0v) is 13.3. The van der Waals surface area contributed by atoms with Crippen molar-refractivity contribution < 1.29 is 4.79 Å². The van der Waals surface area contributed by atoms with Crippen LogP contribution in [0.15, 0.2) is 18.2 Å². The van der Waals surface area contributed by atoms with E-state index in [1.54, 1.807) is 0 Å². The van der Waals surface area contributed by atoms with Crippen molar-refractivity contribution in [2.45, 2.75) is 46.5 Å². The highest BCUT2D eigenvalue weighted by molar-refractivity contribution is 5.93. The summed E-state index contributed by atoms with van der Waals surface area (Å²) < 4.78 is 0. The molecule has 0 heterocycles. The third-order valence-corrected chi connectivity index (χ3v) is 3.55. The van der Waals surface area contributed by atoms with Gasteiger partial charge in [-0.2, -0.15) is 0 Å². The lowest BCUT2D eigenvalue weighted by Crippen LogP contribution is -2.31. The van der Waals surface area contributed by atoms with E-state index in [4.69, 9.17) is 0 Å². The van der Waals surface area contributed by atoms with E-state index in [1.165, 1.54) is 25.7 Å². The van der Waals surface area contributed by atoms with Crippen molar-refractivity contribution in [1.29, 1.82) is 0 Å². The molecule has 1 aromatic rings. The van der Waals surface area contributed by atoms with E-state index in [1.807, 2.05) is 39.1 Å². The van der Waals surface area contributed by atoms with Gasteiger partial charge in [-0.05, 0) is 45.0 Å². The van der Waals surface area contributed by atoms with Gasteiger partial charge in [0.2, 0.25) is 5.91 Å². The number of anilines is 1. The van der Waals surface area contributed by atoms with Crippen molar-refractivity contribution >= 4 is 11.6 Å². The molecule has 3 heteroatoms. The Kier molecular flexibility index (Phi) is 7.31. The number of unbranched alkanes of at least 4 members (excludes halogenated alkanes) is 3. The van der Waals surface area contributed by atoms with Crippen LogP contribution in [0.4, 0.5) is 5.69 Å². The van der Waals surface area contributed by atoms with Gasteiger partial charge < -0.3 is 5.32 Å². The summed E-state index contributed by atoms with van der Waals surface area (Å²) in [6, 6.07) is 6.06. The molecule has 0 aliphatic heterocycles. The molecule has 0 spiro atoms. The van der Waals surface area contributed by atoms with E-state index in [0.29, 0.717) is 6.54 Å². The van der Waals surface area contributed by atoms with Gasteiger partial charge >= 0.3 is 0 Å². The largest absolute Gasteiger partial charge is 0.324 e. The van der Waals surface area contributed by atoms with E-state index < -0.39 is 0 Å². The molecule has 0 saturated carbocycles. The maximum atomic E-state index is 12.1. The summed E-state index contributed by atoms with van der Waals surface area (Å²) in [5.41, 5.74) is 3.18. The number of likely N-dealkylation sites (N-methyl/N-ethyl adjacent to an activating group) is 1. The van der Waals surface area contributed by atoms with Gasteiger partial charge in [-0.1, -0.05) is 44.4 Å². The molecule has 1 N–H and O–H groups in total. The summed E-state index contributed by atoms with van der Waals surface area (Å²) in [5.74, 6) is 0.0698. The molecule has 0 saturated heterocycles. The summed E-state index contributed by atoms with van der Waals surface area (Å²) in [7, 11) is 2.01. The Morgan fingerprint density at radius 2 is 1.80 bits per heavy atom. The van der Waals surface area contributed by atoms with Crippen molar-refractivity contribution in [2.24, 2.45) is 0 Å². The number of carbonyl (C=O) groups is 1. The minimum Gasteiger partial charge on any atom is -0.324 e. The number of aryl methyl sites for hydroxylation is 2. The molecule has 20 heavy (non-hydrogen) atoms. The van der Waals surface area contributed by atoms with Gasteiger partial charge in [0.25, 0.3) is 0 Å². The quantitative estimate of drug-likeness (QED) is 0.733. The monoisotopic (exact) mass is 276 g/mol. The van der Waals surface area contributed by atoms with Gasteiger partial charge in [-0.3, -0.25) is 9.69 Å². The van der Waals surface area contributed by atoms with Crippen LogP contribution in [0.5, 0.6) is 0 Å². The first-order valence-corrected chi connectivity index (χ1v) is 7.59. The standard InChI is InChI=1S/C17H28N2O/c1-5-6-7-8-12-19(4)13-16(20)18-17-14(2)10-9-11-15(17)3/h9-11H,5-8,12-13H2,1-4H3,(H,18,20). The summed E-state index contributed by atoms with van der Waals surface area (Å²) in [5, 5.41) is 3.03. The Morgan fingerprint density at radius 1 is 1.15 bits per heavy atom. The Balaban J connectivity index is 2.39. The van der Waals surface area contributed by atoms with E-state index in [0.717, 1.165) is 23.4 Å². The summed E-state index contributed by atoms with van der Waals surface area (Å²) in [4.78, 5) is 14.2. The van der Waals surface area contributed by atoms with Gasteiger partial charge in [-0.15, -0.1) is 0 Å².